The highest BCUT2D eigenvalue weighted by atomic mass is 16.2. The predicted molar refractivity (Wildman–Crippen MR) is 108 cm³/mol. The number of hydrogen-bond acceptors (Lipinski definition) is 4. The second-order valence-electron chi connectivity index (χ2n) is 7.44. The Labute approximate surface area is 164 Å². The molecule has 4 rings (SSSR count). The normalized spacial score (nSPS) is 15.1. The number of benzene rings is 1. The Morgan fingerprint density at radius 1 is 1.18 bits per heavy atom. The number of amides is 1. The van der Waals surface area contributed by atoms with Gasteiger partial charge in [0.2, 0.25) is 0 Å². The molecule has 2 aromatic heterocycles. The Balaban J connectivity index is 1.55. The molecule has 7 heteroatoms. The van der Waals surface area contributed by atoms with Crippen molar-refractivity contribution in [2.75, 3.05) is 13.1 Å². The summed E-state index contributed by atoms with van der Waals surface area (Å²) in [5.74, 6) is 0.346. The van der Waals surface area contributed by atoms with Crippen LogP contribution in [0.25, 0.3) is 16.9 Å². The van der Waals surface area contributed by atoms with E-state index >= 15 is 0 Å². The smallest absolute Gasteiger partial charge is 0.290 e. The minimum atomic E-state index is -0.0383. The van der Waals surface area contributed by atoms with E-state index in [0.29, 0.717) is 5.82 Å². The van der Waals surface area contributed by atoms with Crippen LogP contribution in [0, 0.1) is 0 Å². The number of nitrogens with one attached hydrogen (secondary N) is 2. The highest BCUT2D eigenvalue weighted by Gasteiger charge is 2.29. The van der Waals surface area contributed by atoms with Gasteiger partial charge in [-0.2, -0.15) is 5.10 Å². The first-order valence-electron chi connectivity index (χ1n) is 9.82. The lowest BCUT2D eigenvalue weighted by atomic mass is 10.0. The highest BCUT2D eigenvalue weighted by molar-refractivity contribution is 5.91. The van der Waals surface area contributed by atoms with Gasteiger partial charge >= 0.3 is 0 Å². The molecule has 1 fully saturated rings. The average Bonchev–Trinajstić information content (AvgIpc) is 3.39. The molecule has 146 valence electrons. The molecule has 3 heterocycles. The van der Waals surface area contributed by atoms with Crippen molar-refractivity contribution in [2.24, 2.45) is 0 Å². The fraction of sp³-hybridized carbons (Fsp3) is 0.381. The number of carbonyl (C=O) groups excluding carboxylic acids is 1. The fourth-order valence-electron chi connectivity index (χ4n) is 3.79. The van der Waals surface area contributed by atoms with Crippen LogP contribution in [-0.4, -0.2) is 55.7 Å². The van der Waals surface area contributed by atoms with E-state index in [1.165, 1.54) is 0 Å². The minimum Gasteiger partial charge on any atom is -0.334 e. The molecule has 0 radical (unpaired) electrons. The predicted octanol–water partition coefficient (Wildman–Crippen LogP) is 2.87. The SMILES string of the molecule is CC(C)N(C(=O)c1ncc(-c2cnn(-c3ccccc3)c2)[nH]1)C1CCNCC1. The van der Waals surface area contributed by atoms with E-state index in [0.717, 1.165) is 42.9 Å². The van der Waals surface area contributed by atoms with Crippen LogP contribution >= 0.6 is 0 Å². The van der Waals surface area contributed by atoms with Crippen molar-refractivity contribution in [3.05, 3.63) is 54.7 Å². The molecule has 2 N–H and O–H groups in total. The van der Waals surface area contributed by atoms with Crippen LogP contribution in [-0.2, 0) is 0 Å². The van der Waals surface area contributed by atoms with Crippen molar-refractivity contribution in [1.29, 1.82) is 0 Å². The van der Waals surface area contributed by atoms with Crippen molar-refractivity contribution >= 4 is 5.91 Å². The molecule has 1 aromatic carbocycles. The van der Waals surface area contributed by atoms with Crippen LogP contribution in [0.1, 0.15) is 37.3 Å². The Morgan fingerprint density at radius 2 is 1.93 bits per heavy atom. The quantitative estimate of drug-likeness (QED) is 0.716. The van der Waals surface area contributed by atoms with Crippen LogP contribution in [0.4, 0.5) is 0 Å². The summed E-state index contributed by atoms with van der Waals surface area (Å²) in [6.45, 7) is 6.02. The molecule has 0 aliphatic carbocycles. The second-order valence-corrected chi connectivity index (χ2v) is 7.44. The van der Waals surface area contributed by atoms with Gasteiger partial charge in [-0.3, -0.25) is 4.79 Å². The van der Waals surface area contributed by atoms with Gasteiger partial charge in [-0.15, -0.1) is 0 Å². The minimum absolute atomic E-state index is 0.0383. The summed E-state index contributed by atoms with van der Waals surface area (Å²) in [6.07, 6.45) is 7.37. The molecular formula is C21H26N6O. The van der Waals surface area contributed by atoms with E-state index < -0.39 is 0 Å². The molecule has 3 aromatic rings. The molecule has 0 atom stereocenters. The largest absolute Gasteiger partial charge is 0.334 e. The molecule has 1 aliphatic rings. The first-order valence-corrected chi connectivity index (χ1v) is 9.82. The summed E-state index contributed by atoms with van der Waals surface area (Å²) in [7, 11) is 0. The van der Waals surface area contributed by atoms with Gasteiger partial charge in [-0.1, -0.05) is 18.2 Å². The number of H-pyrrole nitrogens is 1. The zero-order chi connectivity index (χ0) is 19.5. The van der Waals surface area contributed by atoms with E-state index in [4.69, 9.17) is 0 Å². The Morgan fingerprint density at radius 3 is 2.64 bits per heavy atom. The maximum atomic E-state index is 13.1. The van der Waals surface area contributed by atoms with E-state index in [9.17, 15) is 4.79 Å². The number of nitrogens with zero attached hydrogens (tertiary/aromatic N) is 4. The second kappa shape index (κ2) is 7.98. The van der Waals surface area contributed by atoms with Gasteiger partial charge in [-0.05, 0) is 51.9 Å². The van der Waals surface area contributed by atoms with Crippen LogP contribution in [0.3, 0.4) is 0 Å². The third kappa shape index (κ3) is 3.71. The first-order chi connectivity index (χ1) is 13.6. The maximum Gasteiger partial charge on any atom is 0.290 e. The average molecular weight is 378 g/mol. The van der Waals surface area contributed by atoms with E-state index in [2.05, 4.69) is 34.2 Å². The lowest BCUT2D eigenvalue weighted by molar-refractivity contribution is 0.0554. The van der Waals surface area contributed by atoms with Crippen LogP contribution < -0.4 is 5.32 Å². The zero-order valence-corrected chi connectivity index (χ0v) is 16.3. The van der Waals surface area contributed by atoms with Crippen LogP contribution in [0.5, 0.6) is 0 Å². The molecule has 0 bridgehead atoms. The monoisotopic (exact) mass is 378 g/mol. The molecule has 0 spiro atoms. The number of para-hydroxylation sites is 1. The van der Waals surface area contributed by atoms with Gasteiger partial charge in [0.25, 0.3) is 5.91 Å². The number of piperidine rings is 1. The molecule has 28 heavy (non-hydrogen) atoms. The van der Waals surface area contributed by atoms with E-state index in [1.54, 1.807) is 12.4 Å². The summed E-state index contributed by atoms with van der Waals surface area (Å²) >= 11 is 0. The fourth-order valence-corrected chi connectivity index (χ4v) is 3.79. The van der Waals surface area contributed by atoms with Crippen molar-refractivity contribution in [2.45, 2.75) is 38.8 Å². The molecule has 1 saturated heterocycles. The molecule has 0 saturated carbocycles. The lowest BCUT2D eigenvalue weighted by Crippen LogP contribution is -2.49. The van der Waals surface area contributed by atoms with Crippen LogP contribution in [0.15, 0.2) is 48.9 Å². The summed E-state index contributed by atoms with van der Waals surface area (Å²) in [6, 6.07) is 10.3. The van der Waals surface area contributed by atoms with Gasteiger partial charge < -0.3 is 15.2 Å². The van der Waals surface area contributed by atoms with Crippen molar-refractivity contribution in [3.8, 4) is 16.9 Å². The third-order valence-electron chi connectivity index (χ3n) is 5.19. The summed E-state index contributed by atoms with van der Waals surface area (Å²) in [4.78, 5) is 22.7. The molecule has 1 aliphatic heterocycles. The molecule has 1 amide bonds. The van der Waals surface area contributed by atoms with Crippen molar-refractivity contribution < 1.29 is 4.79 Å². The van der Waals surface area contributed by atoms with Gasteiger partial charge in [0.15, 0.2) is 5.82 Å². The van der Waals surface area contributed by atoms with E-state index in [1.807, 2.05) is 46.1 Å². The number of aromatic nitrogens is 4. The topological polar surface area (TPSA) is 78.8 Å². The zero-order valence-electron chi connectivity index (χ0n) is 16.3. The summed E-state index contributed by atoms with van der Waals surface area (Å²) in [5, 5.41) is 7.78. The number of hydrogen-bond donors (Lipinski definition) is 2. The first kappa shape index (κ1) is 18.4. The number of rotatable bonds is 5. The standard InChI is InChI=1S/C21H26N6O/c1-15(2)27(18-8-10-22-11-9-18)21(28)20-23-13-19(25-20)16-12-24-26(14-16)17-6-4-3-5-7-17/h3-7,12-15,18,22H,8-11H2,1-2H3,(H,23,25). The van der Waals surface area contributed by atoms with Gasteiger partial charge in [0.1, 0.15) is 0 Å². The number of imidazole rings is 1. The number of carbonyl (C=O) groups is 1. The van der Waals surface area contributed by atoms with Crippen molar-refractivity contribution in [3.63, 3.8) is 0 Å². The Kier molecular flexibility index (Phi) is 5.25. The lowest BCUT2D eigenvalue weighted by Gasteiger charge is -2.37. The molecule has 0 unspecified atom stereocenters. The van der Waals surface area contributed by atoms with Crippen molar-refractivity contribution in [1.82, 2.24) is 30.0 Å². The Hall–Kier alpha value is -2.93. The molecule has 7 nitrogen and oxygen atoms in total. The van der Waals surface area contributed by atoms with E-state index in [-0.39, 0.29) is 18.0 Å². The third-order valence-corrected chi connectivity index (χ3v) is 5.19. The summed E-state index contributed by atoms with van der Waals surface area (Å²) < 4.78 is 1.81. The maximum absolute atomic E-state index is 13.1. The van der Waals surface area contributed by atoms with Gasteiger partial charge in [0.05, 0.1) is 23.8 Å². The molecular weight excluding hydrogens is 352 g/mol. The summed E-state index contributed by atoms with van der Waals surface area (Å²) in [5.41, 5.74) is 2.68. The highest BCUT2D eigenvalue weighted by Crippen LogP contribution is 2.21. The Bertz CT molecular complexity index is 923. The van der Waals surface area contributed by atoms with Gasteiger partial charge in [0, 0.05) is 23.8 Å². The number of aromatic amines is 1. The van der Waals surface area contributed by atoms with Gasteiger partial charge in [-0.25, -0.2) is 9.67 Å². The van der Waals surface area contributed by atoms with Crippen LogP contribution in [0.2, 0.25) is 0 Å².